The molecular weight excluding hydrogens is 390 g/mol. The molecule has 8 heteroatoms. The van der Waals surface area contributed by atoms with Crippen molar-refractivity contribution in [2.75, 3.05) is 18.3 Å². The highest BCUT2D eigenvalue weighted by Crippen LogP contribution is 2.25. The highest BCUT2D eigenvalue weighted by Gasteiger charge is 2.25. The van der Waals surface area contributed by atoms with Gasteiger partial charge in [-0.2, -0.15) is 15.3 Å². The lowest BCUT2D eigenvalue weighted by atomic mass is 10.1. The van der Waals surface area contributed by atoms with Gasteiger partial charge in [0.1, 0.15) is 6.61 Å². The Morgan fingerprint density at radius 3 is 2.72 bits per heavy atom. The second kappa shape index (κ2) is 10.6. The third kappa shape index (κ3) is 5.77. The summed E-state index contributed by atoms with van der Waals surface area (Å²) in [5, 5.41) is 9.98. The maximum atomic E-state index is 13.3. The number of nitrogens with zero attached hydrogens (tertiary/aromatic N) is 5. The molecule has 1 aromatic carbocycles. The monoisotopic (exact) mass is 415 g/mol. The van der Waals surface area contributed by atoms with E-state index in [1.54, 1.807) is 36.2 Å². The Morgan fingerprint density at radius 1 is 1.38 bits per heavy atom. The molecule has 0 radical (unpaired) electrons. The predicted molar refractivity (Wildman–Crippen MR) is 118 cm³/mol. The number of hydrogen-bond acceptors (Lipinski definition) is 6. The molecule has 0 aliphatic carbocycles. The van der Waals surface area contributed by atoms with Crippen LogP contribution in [0.5, 0.6) is 5.88 Å². The second-order valence-electron chi connectivity index (χ2n) is 6.39. The van der Waals surface area contributed by atoms with Crippen molar-refractivity contribution in [2.24, 2.45) is 10.2 Å². The summed E-state index contributed by atoms with van der Waals surface area (Å²) in [6.07, 6.45) is 3.12. The number of aromatic nitrogens is 1. The first-order valence-electron chi connectivity index (χ1n) is 9.32. The van der Waals surface area contributed by atoms with Crippen molar-refractivity contribution in [3.63, 3.8) is 0 Å². The van der Waals surface area contributed by atoms with Gasteiger partial charge in [0.25, 0.3) is 5.91 Å². The highest BCUT2D eigenvalue weighted by molar-refractivity contribution is 6.30. The van der Waals surface area contributed by atoms with E-state index in [9.17, 15) is 4.79 Å². The van der Waals surface area contributed by atoms with E-state index in [1.165, 1.54) is 11.3 Å². The molecule has 1 atom stereocenters. The summed E-state index contributed by atoms with van der Waals surface area (Å²) in [5.74, 6) is 0.322. The maximum Gasteiger partial charge on any atom is 0.256 e. The lowest BCUT2D eigenvalue weighted by molar-refractivity contribution is 0.0647. The van der Waals surface area contributed by atoms with Crippen molar-refractivity contribution in [2.45, 2.75) is 33.7 Å². The van der Waals surface area contributed by atoms with E-state index in [0.29, 0.717) is 35.3 Å². The second-order valence-corrected chi connectivity index (χ2v) is 6.83. The van der Waals surface area contributed by atoms with Gasteiger partial charge in [-0.15, -0.1) is 0 Å². The smallest absolute Gasteiger partial charge is 0.256 e. The van der Waals surface area contributed by atoms with E-state index in [1.807, 2.05) is 32.9 Å². The van der Waals surface area contributed by atoms with Crippen LogP contribution in [0.4, 0.5) is 5.69 Å². The minimum absolute atomic E-state index is 0.136. The predicted octanol–water partition coefficient (Wildman–Crippen LogP) is 4.40. The number of rotatable bonds is 9. The zero-order chi connectivity index (χ0) is 21.4. The molecule has 7 nitrogen and oxygen atoms in total. The number of carbonyl (C=O) groups is 1. The molecule has 154 valence electrons. The van der Waals surface area contributed by atoms with Crippen LogP contribution in [0.2, 0.25) is 5.02 Å². The van der Waals surface area contributed by atoms with E-state index in [4.69, 9.17) is 16.3 Å². The zero-order valence-corrected chi connectivity index (χ0v) is 17.9. The van der Waals surface area contributed by atoms with E-state index in [2.05, 4.69) is 21.9 Å². The Balaban J connectivity index is 2.23. The number of carbonyl (C=O) groups excluding carboxylic acids is 1. The summed E-state index contributed by atoms with van der Waals surface area (Å²) in [4.78, 5) is 19.2. The van der Waals surface area contributed by atoms with Gasteiger partial charge in [-0.05, 0) is 51.5 Å². The molecule has 0 spiro atoms. The van der Waals surface area contributed by atoms with Gasteiger partial charge in [-0.25, -0.2) is 4.98 Å². The van der Waals surface area contributed by atoms with Crippen molar-refractivity contribution >= 4 is 36.1 Å². The molecule has 0 N–H and O–H groups in total. The number of benzene rings is 1. The fourth-order valence-electron chi connectivity index (χ4n) is 2.83. The lowest BCUT2D eigenvalue weighted by Crippen LogP contribution is -2.42. The standard InChI is InChI=1S/C21H26ClN5O2/c1-6-25-27(23-5)19-12-15(3)8-10-18(19)21(28)26(7-2)16(4)14-29-20-11-9-17(22)13-24-20/h6,8-13,16H,5,7,14H2,1-4H3/b25-6-/t16-/m0/s1. The molecule has 0 fully saturated rings. The summed E-state index contributed by atoms with van der Waals surface area (Å²) < 4.78 is 5.72. The molecular formula is C21H26ClN5O2. The topological polar surface area (TPSA) is 70.4 Å². The number of likely N-dealkylation sites (N-methyl/N-ethyl adjacent to an activating group) is 1. The first-order chi connectivity index (χ1) is 13.9. The lowest BCUT2D eigenvalue weighted by Gasteiger charge is -2.29. The molecule has 1 aromatic heterocycles. The number of aryl methyl sites for hydroxylation is 1. The zero-order valence-electron chi connectivity index (χ0n) is 17.2. The first-order valence-corrected chi connectivity index (χ1v) is 9.70. The minimum atomic E-state index is -0.182. The van der Waals surface area contributed by atoms with Crippen LogP contribution in [0.15, 0.2) is 46.7 Å². The fourth-order valence-corrected chi connectivity index (χ4v) is 2.94. The van der Waals surface area contributed by atoms with Crippen molar-refractivity contribution in [3.05, 3.63) is 52.7 Å². The first kappa shape index (κ1) is 22.4. The summed E-state index contributed by atoms with van der Waals surface area (Å²) in [7, 11) is 0. The van der Waals surface area contributed by atoms with Gasteiger partial charge >= 0.3 is 0 Å². The quantitative estimate of drug-likeness (QED) is 0.449. The molecule has 0 bridgehead atoms. The van der Waals surface area contributed by atoms with Crippen LogP contribution in [0.1, 0.15) is 36.7 Å². The average molecular weight is 416 g/mol. The molecule has 29 heavy (non-hydrogen) atoms. The van der Waals surface area contributed by atoms with Crippen LogP contribution < -0.4 is 9.85 Å². The number of amides is 1. The number of ether oxygens (including phenoxy) is 1. The van der Waals surface area contributed by atoms with Crippen molar-refractivity contribution < 1.29 is 9.53 Å². The third-order valence-electron chi connectivity index (χ3n) is 4.26. The average Bonchev–Trinajstić information content (AvgIpc) is 2.72. The highest BCUT2D eigenvalue weighted by atomic mass is 35.5. The molecule has 0 unspecified atom stereocenters. The van der Waals surface area contributed by atoms with Gasteiger partial charge in [0.15, 0.2) is 0 Å². The molecule has 0 saturated carbocycles. The summed E-state index contributed by atoms with van der Waals surface area (Å²) >= 11 is 5.85. The molecule has 2 rings (SSSR count). The normalized spacial score (nSPS) is 11.9. The van der Waals surface area contributed by atoms with Gasteiger partial charge in [0, 0.05) is 31.7 Å². The van der Waals surface area contributed by atoms with Crippen LogP contribution in [-0.2, 0) is 0 Å². The van der Waals surface area contributed by atoms with Crippen molar-refractivity contribution in [1.29, 1.82) is 0 Å². The van der Waals surface area contributed by atoms with Crippen LogP contribution in [0, 0.1) is 6.92 Å². The van der Waals surface area contributed by atoms with Crippen molar-refractivity contribution in [3.8, 4) is 5.88 Å². The minimum Gasteiger partial charge on any atom is -0.475 e. The van der Waals surface area contributed by atoms with Crippen molar-refractivity contribution in [1.82, 2.24) is 9.88 Å². The maximum absolute atomic E-state index is 13.3. The molecule has 0 aliphatic rings. The Morgan fingerprint density at radius 2 is 2.14 bits per heavy atom. The van der Waals surface area contributed by atoms with Crippen LogP contribution in [0.3, 0.4) is 0 Å². The van der Waals surface area contributed by atoms with E-state index in [-0.39, 0.29) is 11.9 Å². The van der Waals surface area contributed by atoms with Gasteiger partial charge < -0.3 is 9.64 Å². The molecule has 1 amide bonds. The number of halogens is 1. The number of anilines is 1. The Hall–Kier alpha value is -2.93. The fraction of sp³-hybridized carbons (Fsp3) is 0.333. The third-order valence-corrected chi connectivity index (χ3v) is 4.49. The molecule has 2 aromatic rings. The van der Waals surface area contributed by atoms with Gasteiger partial charge in [0.2, 0.25) is 5.88 Å². The largest absolute Gasteiger partial charge is 0.475 e. The van der Waals surface area contributed by atoms with Crippen LogP contribution >= 0.6 is 11.6 Å². The SMILES string of the molecule is C=NN(/N=C\C)c1cc(C)ccc1C(=O)N(CC)[C@@H](C)COc1ccc(Cl)cn1. The summed E-state index contributed by atoms with van der Waals surface area (Å²) in [6, 6.07) is 8.76. The molecule has 1 heterocycles. The van der Waals surface area contributed by atoms with Gasteiger partial charge in [-0.1, -0.05) is 17.7 Å². The summed E-state index contributed by atoms with van der Waals surface area (Å²) in [6.45, 7) is 11.9. The summed E-state index contributed by atoms with van der Waals surface area (Å²) in [5.41, 5.74) is 2.06. The molecule has 0 saturated heterocycles. The van der Waals surface area contributed by atoms with Crippen LogP contribution in [0.25, 0.3) is 0 Å². The van der Waals surface area contributed by atoms with Gasteiger partial charge in [0.05, 0.1) is 22.3 Å². The van der Waals surface area contributed by atoms with E-state index < -0.39 is 0 Å². The van der Waals surface area contributed by atoms with Gasteiger partial charge in [-0.3, -0.25) is 4.79 Å². The number of pyridine rings is 1. The molecule has 0 aliphatic heterocycles. The number of hydrazone groups is 2. The Labute approximate surface area is 176 Å². The van der Waals surface area contributed by atoms with E-state index in [0.717, 1.165) is 5.56 Å². The van der Waals surface area contributed by atoms with E-state index >= 15 is 0 Å². The van der Waals surface area contributed by atoms with Crippen LogP contribution in [-0.4, -0.2) is 47.9 Å². The Kier molecular flexibility index (Phi) is 8.15. The Bertz CT molecular complexity index is 870. The number of hydrogen-bond donors (Lipinski definition) is 0.